The van der Waals surface area contributed by atoms with Crippen molar-refractivity contribution in [2.45, 2.75) is 30.7 Å². The molecule has 1 aromatic carbocycles. The molecule has 2 aliphatic heterocycles. The maximum atomic E-state index is 12.4. The fraction of sp³-hybridized carbons (Fsp3) is 0.400. The van der Waals surface area contributed by atoms with Crippen molar-refractivity contribution in [2.75, 3.05) is 24.8 Å². The quantitative estimate of drug-likeness (QED) is 0.680. The van der Waals surface area contributed by atoms with Crippen molar-refractivity contribution < 1.29 is 23.9 Å². The third-order valence-electron chi connectivity index (χ3n) is 5.20. The van der Waals surface area contributed by atoms with E-state index in [4.69, 9.17) is 9.47 Å². The molecular weight excluding hydrogens is 426 g/mol. The molecule has 8 nitrogen and oxygen atoms in total. The van der Waals surface area contributed by atoms with Gasteiger partial charge in [-0.05, 0) is 37.6 Å². The lowest BCUT2D eigenvalue weighted by Crippen LogP contribution is -2.47. The topological polar surface area (TPSA) is 97.8 Å². The SMILES string of the molecule is COc1ccc(-c2csc(NC(=O)COC(=O)[C@@H]3CS[C@]4(C)CCC(=O)N34)n2)cc1. The standard InChI is InChI=1S/C20H21N3O5S2/c1-20-8-7-17(25)23(20)15(11-30-20)18(26)28-9-16(24)22-19-21-14(10-29-19)12-3-5-13(27-2)6-4-12/h3-6,10,15H,7-9,11H2,1-2H3,(H,21,22,24)/t15-,20+/m0/s1. The van der Waals surface area contributed by atoms with Crippen LogP contribution >= 0.6 is 23.1 Å². The molecule has 0 radical (unpaired) electrons. The number of nitrogens with zero attached hydrogens (tertiary/aromatic N) is 2. The number of rotatable bonds is 6. The molecule has 4 rings (SSSR count). The summed E-state index contributed by atoms with van der Waals surface area (Å²) in [5.41, 5.74) is 1.63. The predicted molar refractivity (Wildman–Crippen MR) is 114 cm³/mol. The Labute approximate surface area is 181 Å². The average molecular weight is 448 g/mol. The van der Waals surface area contributed by atoms with Crippen LogP contribution in [0.15, 0.2) is 29.6 Å². The number of aromatic nitrogens is 1. The number of nitrogens with one attached hydrogen (secondary N) is 1. The van der Waals surface area contributed by atoms with Gasteiger partial charge in [-0.1, -0.05) is 0 Å². The second-order valence-corrected chi connectivity index (χ2v) is 9.55. The summed E-state index contributed by atoms with van der Waals surface area (Å²) in [5, 5.41) is 4.89. The highest BCUT2D eigenvalue weighted by Gasteiger charge is 2.53. The fourth-order valence-electron chi connectivity index (χ4n) is 3.61. The molecule has 10 heteroatoms. The monoisotopic (exact) mass is 447 g/mol. The number of esters is 1. The van der Waals surface area contributed by atoms with E-state index in [1.54, 1.807) is 23.8 Å². The van der Waals surface area contributed by atoms with Gasteiger partial charge in [0.2, 0.25) is 5.91 Å². The van der Waals surface area contributed by atoms with Gasteiger partial charge in [-0.2, -0.15) is 0 Å². The number of thiazole rings is 1. The normalized spacial score (nSPS) is 22.7. The van der Waals surface area contributed by atoms with E-state index >= 15 is 0 Å². The molecular formula is C20H21N3O5S2. The minimum absolute atomic E-state index is 0.0391. The fourth-order valence-corrected chi connectivity index (χ4v) is 5.76. The smallest absolute Gasteiger partial charge is 0.330 e. The first-order valence-corrected chi connectivity index (χ1v) is 11.3. The molecule has 30 heavy (non-hydrogen) atoms. The molecule has 0 saturated carbocycles. The van der Waals surface area contributed by atoms with Crippen LogP contribution in [0.25, 0.3) is 11.3 Å². The Balaban J connectivity index is 1.30. The third kappa shape index (κ3) is 4.01. The van der Waals surface area contributed by atoms with Crippen LogP contribution in [0.5, 0.6) is 5.75 Å². The maximum Gasteiger partial charge on any atom is 0.330 e. The molecule has 3 heterocycles. The molecule has 2 saturated heterocycles. The highest BCUT2D eigenvalue weighted by Crippen LogP contribution is 2.47. The van der Waals surface area contributed by atoms with Crippen LogP contribution in [0, 0.1) is 0 Å². The van der Waals surface area contributed by atoms with E-state index in [0.29, 0.717) is 17.3 Å². The number of benzene rings is 1. The first-order valence-electron chi connectivity index (χ1n) is 9.42. The van der Waals surface area contributed by atoms with E-state index in [1.807, 2.05) is 36.6 Å². The Bertz CT molecular complexity index is 977. The number of hydrogen-bond acceptors (Lipinski definition) is 8. The van der Waals surface area contributed by atoms with Gasteiger partial charge in [0, 0.05) is 23.1 Å². The summed E-state index contributed by atoms with van der Waals surface area (Å²) >= 11 is 2.87. The molecule has 2 amide bonds. The van der Waals surface area contributed by atoms with E-state index in [-0.39, 0.29) is 10.8 Å². The van der Waals surface area contributed by atoms with Gasteiger partial charge in [0.1, 0.15) is 11.8 Å². The lowest BCUT2D eigenvalue weighted by molar-refractivity contribution is -0.155. The summed E-state index contributed by atoms with van der Waals surface area (Å²) in [4.78, 5) is 42.4. The Kier molecular flexibility index (Phi) is 5.70. The number of amides is 2. The van der Waals surface area contributed by atoms with Crippen LogP contribution in [0.1, 0.15) is 19.8 Å². The molecule has 0 bridgehead atoms. The van der Waals surface area contributed by atoms with Gasteiger partial charge in [0.15, 0.2) is 11.7 Å². The number of hydrogen-bond donors (Lipinski definition) is 1. The summed E-state index contributed by atoms with van der Waals surface area (Å²) in [6.45, 7) is 1.54. The average Bonchev–Trinajstić information content (AvgIpc) is 3.42. The highest BCUT2D eigenvalue weighted by molar-refractivity contribution is 8.01. The lowest BCUT2D eigenvalue weighted by atomic mass is 10.2. The zero-order valence-electron chi connectivity index (χ0n) is 16.5. The summed E-state index contributed by atoms with van der Waals surface area (Å²) in [5.74, 6) is 0.180. The zero-order valence-corrected chi connectivity index (χ0v) is 18.2. The molecule has 2 aromatic rings. The number of carbonyl (C=O) groups excluding carboxylic acids is 3. The van der Waals surface area contributed by atoms with E-state index in [1.165, 1.54) is 11.3 Å². The number of fused-ring (bicyclic) bond motifs is 1. The van der Waals surface area contributed by atoms with Crippen molar-refractivity contribution >= 4 is 46.0 Å². The van der Waals surface area contributed by atoms with E-state index in [9.17, 15) is 14.4 Å². The van der Waals surface area contributed by atoms with Gasteiger partial charge >= 0.3 is 5.97 Å². The van der Waals surface area contributed by atoms with Crippen molar-refractivity contribution in [3.63, 3.8) is 0 Å². The van der Waals surface area contributed by atoms with Gasteiger partial charge in [0.05, 0.1) is 17.7 Å². The van der Waals surface area contributed by atoms with E-state index in [2.05, 4.69) is 10.3 Å². The van der Waals surface area contributed by atoms with Crippen LogP contribution in [-0.4, -0.2) is 58.0 Å². The molecule has 2 atom stereocenters. The molecule has 1 N–H and O–H groups in total. The van der Waals surface area contributed by atoms with Crippen LogP contribution < -0.4 is 10.1 Å². The Hall–Kier alpha value is -2.59. The van der Waals surface area contributed by atoms with Crippen molar-refractivity contribution in [3.05, 3.63) is 29.6 Å². The minimum atomic E-state index is -0.635. The van der Waals surface area contributed by atoms with Crippen molar-refractivity contribution in [1.82, 2.24) is 9.88 Å². The van der Waals surface area contributed by atoms with Crippen LogP contribution in [-0.2, 0) is 19.1 Å². The van der Waals surface area contributed by atoms with E-state index in [0.717, 1.165) is 23.4 Å². The predicted octanol–water partition coefficient (Wildman–Crippen LogP) is 2.75. The molecule has 2 fully saturated rings. The number of methoxy groups -OCH3 is 1. The van der Waals surface area contributed by atoms with Gasteiger partial charge in [-0.15, -0.1) is 23.1 Å². The van der Waals surface area contributed by atoms with Crippen molar-refractivity contribution in [3.8, 4) is 17.0 Å². The first-order chi connectivity index (χ1) is 14.4. The Morgan fingerprint density at radius 1 is 1.33 bits per heavy atom. The second-order valence-electron chi connectivity index (χ2n) is 7.19. The van der Waals surface area contributed by atoms with Crippen LogP contribution in [0.2, 0.25) is 0 Å². The van der Waals surface area contributed by atoms with Gasteiger partial charge in [-0.3, -0.25) is 14.9 Å². The molecule has 1 aromatic heterocycles. The molecule has 0 aliphatic carbocycles. The van der Waals surface area contributed by atoms with Crippen molar-refractivity contribution in [1.29, 1.82) is 0 Å². The number of thioether (sulfide) groups is 1. The summed E-state index contributed by atoms with van der Waals surface area (Å²) in [7, 11) is 1.60. The second kappa shape index (κ2) is 8.27. The molecule has 0 unspecified atom stereocenters. The number of ether oxygens (including phenoxy) is 2. The summed E-state index contributed by atoms with van der Waals surface area (Å²) < 4.78 is 10.3. The maximum absolute atomic E-state index is 12.4. The van der Waals surface area contributed by atoms with Crippen molar-refractivity contribution in [2.24, 2.45) is 0 Å². The Morgan fingerprint density at radius 2 is 2.10 bits per heavy atom. The number of carbonyl (C=O) groups is 3. The number of anilines is 1. The van der Waals surface area contributed by atoms with Gasteiger partial charge < -0.3 is 14.4 Å². The lowest BCUT2D eigenvalue weighted by Gasteiger charge is -2.29. The zero-order chi connectivity index (χ0) is 21.3. The first kappa shape index (κ1) is 20.7. The van der Waals surface area contributed by atoms with Gasteiger partial charge in [-0.25, -0.2) is 9.78 Å². The molecule has 2 aliphatic rings. The van der Waals surface area contributed by atoms with Crippen LogP contribution in [0.4, 0.5) is 5.13 Å². The van der Waals surface area contributed by atoms with Gasteiger partial charge in [0.25, 0.3) is 5.91 Å². The summed E-state index contributed by atoms with van der Waals surface area (Å²) in [6, 6.07) is 6.81. The van der Waals surface area contributed by atoms with E-state index < -0.39 is 24.5 Å². The largest absolute Gasteiger partial charge is 0.497 e. The molecule has 0 spiro atoms. The third-order valence-corrected chi connectivity index (χ3v) is 7.46. The Morgan fingerprint density at radius 3 is 2.83 bits per heavy atom. The molecule has 158 valence electrons. The highest BCUT2D eigenvalue weighted by atomic mass is 32.2. The summed E-state index contributed by atoms with van der Waals surface area (Å²) in [6.07, 6.45) is 1.16. The van der Waals surface area contributed by atoms with Crippen LogP contribution in [0.3, 0.4) is 0 Å². The minimum Gasteiger partial charge on any atom is -0.497 e.